The molecule has 14 rings (SSSR count). The van der Waals surface area contributed by atoms with E-state index in [-0.39, 0.29) is 33.2 Å². The molecule has 11 aromatic carbocycles. The molecule has 0 aliphatic carbocycles. The van der Waals surface area contributed by atoms with Gasteiger partial charge in [-0.15, -0.1) is 0 Å². The summed E-state index contributed by atoms with van der Waals surface area (Å²) < 4.78 is 240. The number of nitrogens with zero attached hydrogens (tertiary/aromatic N) is 4. The Morgan fingerprint density at radius 1 is 0.453 bits per heavy atom. The van der Waals surface area contributed by atoms with E-state index < -0.39 is 185 Å². The van der Waals surface area contributed by atoms with Crippen LogP contribution in [0, 0.1) is 6.33 Å². The average molecular weight is 1150 g/mol. The van der Waals surface area contributed by atoms with Crippen LogP contribution < -0.4 is 30.1 Å². The Hall–Kier alpha value is -10.1. The minimum atomic E-state index is -6.40. The van der Waals surface area contributed by atoms with Crippen LogP contribution in [0.3, 0.4) is 0 Å². The third-order valence-electron chi connectivity index (χ3n) is 15.5. The van der Waals surface area contributed by atoms with Crippen LogP contribution in [-0.2, 0) is 10.8 Å². The topological polar surface area (TPSA) is 35.9 Å². The normalized spacial score (nSPS) is 16.0. The van der Waals surface area contributed by atoms with Crippen molar-refractivity contribution >= 4 is 61.7 Å². The van der Waals surface area contributed by atoms with Gasteiger partial charge in [0.25, 0.3) is 6.33 Å². The Kier molecular flexibility index (Phi) is 8.46. The molecule has 14 aromatic rings. The summed E-state index contributed by atoms with van der Waals surface area (Å²) in [4.78, 5) is 4.86. The number of rotatable bonds is 12. The molecule has 3 heterocycles. The van der Waals surface area contributed by atoms with Gasteiger partial charge in [-0.25, -0.2) is 4.98 Å². The van der Waals surface area contributed by atoms with Gasteiger partial charge < -0.3 is 4.74 Å². The Labute approximate surface area is 539 Å². The second-order valence-electron chi connectivity index (χ2n) is 22.8. The minimum absolute atomic E-state index is 0.195. The Balaban J connectivity index is 1.10. The highest BCUT2D eigenvalue weighted by Gasteiger charge is 2.41. The summed E-state index contributed by atoms with van der Waals surface area (Å²) in [6.45, 7) is 12.7. The predicted octanol–water partition coefficient (Wildman–Crippen LogP) is 17.0. The maximum atomic E-state index is 11.0. The summed E-state index contributed by atoms with van der Waals surface area (Å²) in [5.41, 5.74) is 4.00. The molecular weight excluding hydrogens is 1060 g/mol. The smallest absolute Gasteiger partial charge is 0.269 e. The molecule has 6 heteroatoms. The first-order chi connectivity index (χ1) is 51.9. The summed E-state index contributed by atoms with van der Waals surface area (Å²) in [6, 6.07) is 17.1. The molecule has 0 unspecified atom stereocenters. The number of pyridine rings is 1. The molecule has 5 nitrogen and oxygen atoms in total. The lowest BCUT2D eigenvalue weighted by molar-refractivity contribution is -0.571. The molecule has 86 heavy (non-hydrogen) atoms. The van der Waals surface area contributed by atoms with Crippen LogP contribution in [0.5, 0.6) is 11.5 Å². The van der Waals surface area contributed by atoms with Crippen molar-refractivity contribution in [3.63, 3.8) is 0 Å². The van der Waals surface area contributed by atoms with Gasteiger partial charge in [0.1, 0.15) is 17.3 Å². The molecular formula is C80H66N4OSi. The van der Waals surface area contributed by atoms with Crippen LogP contribution in [0.4, 0.5) is 0 Å². The number of benzene rings is 11. The second kappa shape index (κ2) is 21.8. The number of para-hydroxylation sites is 2. The van der Waals surface area contributed by atoms with Gasteiger partial charge in [0, 0.05) is 23.0 Å². The van der Waals surface area contributed by atoms with E-state index in [2.05, 4.69) is 58.5 Å². The van der Waals surface area contributed by atoms with Gasteiger partial charge >= 0.3 is 0 Å². The highest BCUT2D eigenvalue weighted by atomic mass is 28.3. The monoisotopic (exact) mass is 1150 g/mol. The standard InChI is InChI=1S/C80H66N4OSi/c1-79(2,3)60-43-40-56(41-44-60)58-42-47-74-76(51-58)82(62-27-22-28-63(53-62)85-64-45-46-72-71-36-19-20-39-73(71)84(75(72)54-64)77-52-61(48-49-81-77)80(4,5)6)55-83(74)78-69(57-24-11-7-12-25-57)37-23-38-70(78)59-26-21-35-68(50-59)86(65-29-13-8-14-30-65,66-31-15-9-16-32-66)67-33-17-10-18-34-67/h7-54H,1-6H3/i7D,8D,9D,10D,11D,12D,13D,14D,15D,16D,17D,18D,21D,24D,25D,26D,29D,30D,31D,32D,33D,34D,35D,50D. The molecule has 0 bridgehead atoms. The first-order valence-electron chi connectivity index (χ1n) is 39.8. The van der Waals surface area contributed by atoms with Crippen molar-refractivity contribution in [2.75, 3.05) is 0 Å². The van der Waals surface area contributed by atoms with Crippen LogP contribution in [0.1, 0.15) is 85.6 Å². The number of aromatic nitrogens is 4. The third kappa shape index (κ3) is 9.72. The molecule has 0 fully saturated rings. The molecule has 3 aromatic heterocycles. The highest BCUT2D eigenvalue weighted by Crippen LogP contribution is 2.39. The van der Waals surface area contributed by atoms with Gasteiger partial charge in [0.2, 0.25) is 0 Å². The van der Waals surface area contributed by atoms with Crippen molar-refractivity contribution in [2.24, 2.45) is 0 Å². The quantitative estimate of drug-likeness (QED) is 0.0529. The lowest BCUT2D eigenvalue weighted by Crippen LogP contribution is -2.74. The fraction of sp³-hybridized carbons (Fsp3) is 0.100. The Bertz CT molecular complexity index is 6020. The largest absolute Gasteiger partial charge is 0.458 e. The van der Waals surface area contributed by atoms with E-state index in [4.69, 9.17) is 17.9 Å². The molecule has 0 saturated heterocycles. The van der Waals surface area contributed by atoms with Crippen molar-refractivity contribution in [2.45, 2.75) is 52.4 Å². The van der Waals surface area contributed by atoms with Crippen LogP contribution in [0.2, 0.25) is 0 Å². The SMILES string of the molecule is [2H]c1c([2H])c([2H])c(-c2cccc(-c3c([2H])c([2H])c([2H])c([Si](c4c([2H])c([2H])c([2H])c([2H])c4[2H])(c4c([2H])c([2H])c([2H])c([2H])c4[2H])c4c([2H])c([2H])c([2H])c([2H])c4[2H])c3[2H])c2-[n+]2[c-]n(-c3cccc(Oc4ccc5c6ccccc6n(-c6cc(C(C)(C)C)ccn6)c5c4)c3)c3cc(-c4ccc(C(C)(C)C)cc4)ccc32)c([2H])c1[2H]. The number of ether oxygens (including phenoxy) is 1. The molecule has 0 radical (unpaired) electrons. The van der Waals surface area contributed by atoms with Gasteiger partial charge in [0.15, 0.2) is 8.07 Å². The third-order valence-corrected chi connectivity index (χ3v) is 19.5. The fourth-order valence-electron chi connectivity index (χ4n) is 11.2. The zero-order chi connectivity index (χ0) is 79.5. The van der Waals surface area contributed by atoms with E-state index >= 15 is 0 Å². The molecule has 0 spiro atoms. The van der Waals surface area contributed by atoms with E-state index in [0.717, 1.165) is 38.5 Å². The first kappa shape index (κ1) is 33.4. The van der Waals surface area contributed by atoms with Gasteiger partial charge in [-0.3, -0.25) is 13.7 Å². The van der Waals surface area contributed by atoms with Gasteiger partial charge in [-0.2, -0.15) is 0 Å². The van der Waals surface area contributed by atoms with E-state index in [1.54, 1.807) is 47.2 Å². The molecule has 0 saturated carbocycles. The van der Waals surface area contributed by atoms with Crippen LogP contribution in [0.15, 0.2) is 291 Å². The zero-order valence-electron chi connectivity index (χ0n) is 71.6. The van der Waals surface area contributed by atoms with E-state index in [9.17, 15) is 24.7 Å². The summed E-state index contributed by atoms with van der Waals surface area (Å²) in [5.74, 6) is 1.48. The van der Waals surface area contributed by atoms with Gasteiger partial charge in [0.05, 0.1) is 66.3 Å². The Morgan fingerprint density at radius 3 is 1.71 bits per heavy atom. The summed E-state index contributed by atoms with van der Waals surface area (Å²) in [7, 11) is -6.40. The minimum Gasteiger partial charge on any atom is -0.458 e. The maximum absolute atomic E-state index is 11.0. The number of hydrogen-bond acceptors (Lipinski definition) is 2. The van der Waals surface area contributed by atoms with Crippen molar-refractivity contribution in [3.05, 3.63) is 308 Å². The molecule has 0 atom stereocenters. The average Bonchev–Trinajstić information content (AvgIpc) is 0.812. The number of hydrogen-bond donors (Lipinski definition) is 0. The second-order valence-corrected chi connectivity index (χ2v) is 26.3. The molecule has 0 N–H and O–H groups in total. The van der Waals surface area contributed by atoms with E-state index in [1.165, 1.54) is 22.8 Å². The Morgan fingerprint density at radius 2 is 1.03 bits per heavy atom. The summed E-state index contributed by atoms with van der Waals surface area (Å²) >= 11 is 0. The maximum Gasteiger partial charge on any atom is 0.269 e. The molecule has 0 amide bonds. The summed E-state index contributed by atoms with van der Waals surface area (Å²) in [5, 5.41) is -2.27. The molecule has 0 aliphatic heterocycles. The zero-order valence-corrected chi connectivity index (χ0v) is 48.6. The van der Waals surface area contributed by atoms with E-state index in [0.29, 0.717) is 34.1 Å². The van der Waals surface area contributed by atoms with E-state index in [1.807, 2.05) is 78.9 Å². The first-order valence-corrected chi connectivity index (χ1v) is 29.8. The molecule has 0 aliphatic rings. The number of fused-ring (bicyclic) bond motifs is 4. The summed E-state index contributed by atoms with van der Waals surface area (Å²) in [6.07, 6.45) is 5.27. The van der Waals surface area contributed by atoms with Crippen molar-refractivity contribution in [3.8, 4) is 62.1 Å². The van der Waals surface area contributed by atoms with Crippen molar-refractivity contribution in [1.29, 1.82) is 0 Å². The fourth-order valence-corrected chi connectivity index (χ4v) is 14.8. The predicted molar refractivity (Wildman–Crippen MR) is 360 cm³/mol. The van der Waals surface area contributed by atoms with Crippen molar-refractivity contribution in [1.82, 2.24) is 14.1 Å². The van der Waals surface area contributed by atoms with Gasteiger partial charge in [-0.05, 0) is 131 Å². The van der Waals surface area contributed by atoms with Gasteiger partial charge in [-0.1, -0.05) is 265 Å². The molecule has 416 valence electrons. The highest BCUT2D eigenvalue weighted by molar-refractivity contribution is 7.19. The lowest BCUT2D eigenvalue weighted by Gasteiger charge is -2.34. The lowest BCUT2D eigenvalue weighted by atomic mass is 9.86. The van der Waals surface area contributed by atoms with Crippen molar-refractivity contribution < 1.29 is 42.2 Å². The van der Waals surface area contributed by atoms with Crippen LogP contribution in [0.25, 0.3) is 83.4 Å². The van der Waals surface area contributed by atoms with Crippen LogP contribution in [-0.4, -0.2) is 22.2 Å². The number of imidazole rings is 1. The van der Waals surface area contributed by atoms with Crippen LogP contribution >= 0.6 is 0 Å².